The minimum Gasteiger partial charge on any atom is -0.479 e. The average molecular weight is 277 g/mol. The number of carbonyl (C=O) groups is 1. The minimum atomic E-state index is -0.977. The van der Waals surface area contributed by atoms with Crippen LogP contribution in [0, 0.1) is 0 Å². The molecule has 0 radical (unpaired) electrons. The van der Waals surface area contributed by atoms with Crippen LogP contribution in [-0.4, -0.2) is 17.2 Å². The summed E-state index contributed by atoms with van der Waals surface area (Å²) in [6.45, 7) is 2.00. The summed E-state index contributed by atoms with van der Waals surface area (Å²) < 4.78 is 5.37. The Labute approximate surface area is 110 Å². The van der Waals surface area contributed by atoms with Crippen LogP contribution in [0.15, 0.2) is 18.2 Å². The molecule has 1 aromatic carbocycles. The highest BCUT2D eigenvalue weighted by Crippen LogP contribution is 2.25. The lowest BCUT2D eigenvalue weighted by molar-refractivity contribution is -0.145. The highest BCUT2D eigenvalue weighted by atomic mass is 35.5. The maximum atomic E-state index is 11.0. The lowest BCUT2D eigenvalue weighted by Crippen LogP contribution is -2.26. The molecule has 0 amide bonds. The molecular formula is C12H14Cl2O3. The van der Waals surface area contributed by atoms with Gasteiger partial charge in [-0.2, -0.15) is 0 Å². The molecule has 5 heteroatoms. The number of carboxylic acid groups (broad SMARTS) is 1. The minimum absolute atomic E-state index is 0.381. The number of benzene rings is 1. The van der Waals surface area contributed by atoms with Crippen LogP contribution in [0.3, 0.4) is 0 Å². The van der Waals surface area contributed by atoms with Crippen molar-refractivity contribution in [1.82, 2.24) is 0 Å². The molecule has 0 aromatic heterocycles. The summed E-state index contributed by atoms with van der Waals surface area (Å²) >= 11 is 11.6. The van der Waals surface area contributed by atoms with Gasteiger partial charge in [0.25, 0.3) is 0 Å². The second-order valence-corrected chi connectivity index (χ2v) is 4.56. The van der Waals surface area contributed by atoms with E-state index in [0.29, 0.717) is 22.2 Å². The van der Waals surface area contributed by atoms with Crippen LogP contribution in [-0.2, 0) is 4.79 Å². The SMILES string of the molecule is CCCCC(Oc1cc(Cl)cc(Cl)c1)C(=O)O. The molecule has 94 valence electrons. The van der Waals surface area contributed by atoms with Gasteiger partial charge in [0.2, 0.25) is 0 Å². The number of rotatable bonds is 6. The first-order valence-corrected chi connectivity index (χ1v) is 6.14. The molecule has 0 fully saturated rings. The van der Waals surface area contributed by atoms with Gasteiger partial charge in [-0.25, -0.2) is 4.79 Å². The predicted molar refractivity (Wildman–Crippen MR) is 68.0 cm³/mol. The van der Waals surface area contributed by atoms with Crippen molar-refractivity contribution in [3.63, 3.8) is 0 Å². The number of aliphatic carboxylic acids is 1. The van der Waals surface area contributed by atoms with Crippen LogP contribution in [0.2, 0.25) is 10.0 Å². The molecule has 17 heavy (non-hydrogen) atoms. The number of hydrogen-bond donors (Lipinski definition) is 1. The Hall–Kier alpha value is -0.930. The fourth-order valence-corrected chi connectivity index (χ4v) is 1.89. The zero-order chi connectivity index (χ0) is 12.8. The topological polar surface area (TPSA) is 46.5 Å². The maximum Gasteiger partial charge on any atom is 0.344 e. The summed E-state index contributed by atoms with van der Waals surface area (Å²) in [4.78, 5) is 11.0. The van der Waals surface area contributed by atoms with Crippen molar-refractivity contribution < 1.29 is 14.6 Å². The van der Waals surface area contributed by atoms with Crippen LogP contribution in [0.4, 0.5) is 0 Å². The maximum absolute atomic E-state index is 11.0. The van der Waals surface area contributed by atoms with E-state index in [4.69, 9.17) is 33.0 Å². The Balaban J connectivity index is 2.74. The van der Waals surface area contributed by atoms with Crippen molar-refractivity contribution in [3.8, 4) is 5.75 Å². The Morgan fingerprint density at radius 3 is 2.41 bits per heavy atom. The Bertz CT molecular complexity index is 373. The van der Waals surface area contributed by atoms with Crippen LogP contribution in [0.1, 0.15) is 26.2 Å². The van der Waals surface area contributed by atoms with Gasteiger partial charge in [0.05, 0.1) is 0 Å². The Morgan fingerprint density at radius 2 is 1.94 bits per heavy atom. The van der Waals surface area contributed by atoms with Gasteiger partial charge >= 0.3 is 5.97 Å². The van der Waals surface area contributed by atoms with Gasteiger partial charge in [0.1, 0.15) is 5.75 Å². The zero-order valence-electron chi connectivity index (χ0n) is 9.45. The first-order valence-electron chi connectivity index (χ1n) is 5.38. The number of halogens is 2. The monoisotopic (exact) mass is 276 g/mol. The Kier molecular flexibility index (Phi) is 5.59. The first-order chi connectivity index (χ1) is 8.02. The number of carboxylic acids is 1. The summed E-state index contributed by atoms with van der Waals surface area (Å²) in [6.07, 6.45) is 1.33. The lowest BCUT2D eigenvalue weighted by atomic mass is 10.1. The van der Waals surface area contributed by atoms with E-state index < -0.39 is 12.1 Å². The van der Waals surface area contributed by atoms with Crippen LogP contribution in [0.5, 0.6) is 5.75 Å². The molecule has 0 saturated carbocycles. The predicted octanol–water partition coefficient (Wildman–Crippen LogP) is 4.02. The molecule has 0 bridgehead atoms. The van der Waals surface area contributed by atoms with E-state index in [-0.39, 0.29) is 0 Å². The third kappa shape index (κ3) is 4.84. The molecule has 0 aliphatic rings. The van der Waals surface area contributed by atoms with Gasteiger partial charge in [0, 0.05) is 10.0 Å². The van der Waals surface area contributed by atoms with Crippen molar-refractivity contribution >= 4 is 29.2 Å². The lowest BCUT2D eigenvalue weighted by Gasteiger charge is -2.15. The van der Waals surface area contributed by atoms with Gasteiger partial charge in [-0.05, 0) is 31.0 Å². The summed E-state index contributed by atoms with van der Waals surface area (Å²) in [6, 6.07) is 4.67. The molecule has 1 N–H and O–H groups in total. The standard InChI is InChI=1S/C12H14Cl2O3/c1-2-3-4-11(12(15)16)17-10-6-8(13)5-9(14)7-10/h5-7,11H,2-4H2,1H3,(H,15,16). The van der Waals surface area contributed by atoms with Gasteiger partial charge in [-0.1, -0.05) is 36.5 Å². The molecule has 1 atom stereocenters. The summed E-state index contributed by atoms with van der Waals surface area (Å²) in [5.74, 6) is -0.597. The largest absolute Gasteiger partial charge is 0.479 e. The van der Waals surface area contributed by atoms with Crippen molar-refractivity contribution in [2.45, 2.75) is 32.3 Å². The molecule has 0 aliphatic carbocycles. The second-order valence-electron chi connectivity index (χ2n) is 3.69. The van der Waals surface area contributed by atoms with E-state index in [9.17, 15) is 4.79 Å². The molecule has 1 unspecified atom stereocenters. The second kappa shape index (κ2) is 6.72. The Morgan fingerprint density at radius 1 is 1.35 bits per heavy atom. The third-order valence-corrected chi connectivity index (χ3v) is 2.65. The quantitative estimate of drug-likeness (QED) is 0.854. The van der Waals surface area contributed by atoms with Gasteiger partial charge < -0.3 is 9.84 Å². The summed E-state index contributed by atoms with van der Waals surface area (Å²) in [7, 11) is 0. The number of hydrogen-bond acceptors (Lipinski definition) is 2. The molecule has 1 rings (SSSR count). The first kappa shape index (κ1) is 14.1. The van der Waals surface area contributed by atoms with Crippen LogP contribution < -0.4 is 4.74 Å². The number of ether oxygens (including phenoxy) is 1. The van der Waals surface area contributed by atoms with E-state index in [0.717, 1.165) is 12.8 Å². The number of unbranched alkanes of at least 4 members (excludes halogenated alkanes) is 1. The summed E-state index contributed by atoms with van der Waals surface area (Å²) in [5.41, 5.74) is 0. The smallest absolute Gasteiger partial charge is 0.344 e. The molecule has 0 aliphatic heterocycles. The van der Waals surface area contributed by atoms with Crippen molar-refractivity contribution in [3.05, 3.63) is 28.2 Å². The molecule has 1 aromatic rings. The summed E-state index contributed by atoms with van der Waals surface area (Å²) in [5, 5.41) is 9.86. The van der Waals surface area contributed by atoms with E-state index in [1.807, 2.05) is 6.92 Å². The van der Waals surface area contributed by atoms with E-state index in [1.165, 1.54) is 0 Å². The van der Waals surface area contributed by atoms with E-state index in [2.05, 4.69) is 0 Å². The molecular weight excluding hydrogens is 263 g/mol. The fourth-order valence-electron chi connectivity index (χ4n) is 1.38. The van der Waals surface area contributed by atoms with Gasteiger partial charge in [-0.15, -0.1) is 0 Å². The fraction of sp³-hybridized carbons (Fsp3) is 0.417. The normalized spacial score (nSPS) is 12.2. The highest BCUT2D eigenvalue weighted by Gasteiger charge is 2.18. The van der Waals surface area contributed by atoms with Crippen molar-refractivity contribution in [2.24, 2.45) is 0 Å². The van der Waals surface area contributed by atoms with Gasteiger partial charge in [0.15, 0.2) is 6.10 Å². The molecule has 0 heterocycles. The van der Waals surface area contributed by atoms with Crippen LogP contribution in [0.25, 0.3) is 0 Å². The molecule has 3 nitrogen and oxygen atoms in total. The molecule has 0 spiro atoms. The average Bonchev–Trinajstić information content (AvgIpc) is 2.22. The third-order valence-electron chi connectivity index (χ3n) is 2.21. The van der Waals surface area contributed by atoms with E-state index in [1.54, 1.807) is 18.2 Å². The zero-order valence-corrected chi connectivity index (χ0v) is 11.0. The van der Waals surface area contributed by atoms with E-state index >= 15 is 0 Å². The molecule has 0 saturated heterocycles. The van der Waals surface area contributed by atoms with Crippen molar-refractivity contribution in [2.75, 3.05) is 0 Å². The van der Waals surface area contributed by atoms with Crippen molar-refractivity contribution in [1.29, 1.82) is 0 Å². The van der Waals surface area contributed by atoms with Crippen LogP contribution >= 0.6 is 23.2 Å². The highest BCUT2D eigenvalue weighted by molar-refractivity contribution is 6.34. The van der Waals surface area contributed by atoms with Gasteiger partial charge in [-0.3, -0.25) is 0 Å².